The van der Waals surface area contributed by atoms with Gasteiger partial charge in [0, 0.05) is 23.7 Å². The first-order valence-corrected chi connectivity index (χ1v) is 10.4. The van der Waals surface area contributed by atoms with E-state index in [0.717, 1.165) is 41.8 Å². The first-order chi connectivity index (χ1) is 13.9. The van der Waals surface area contributed by atoms with Gasteiger partial charge in [0.2, 0.25) is 5.91 Å². The quantitative estimate of drug-likeness (QED) is 0.715. The van der Waals surface area contributed by atoms with Crippen molar-refractivity contribution < 1.29 is 14.3 Å². The van der Waals surface area contributed by atoms with Gasteiger partial charge >= 0.3 is 0 Å². The van der Waals surface area contributed by atoms with Crippen LogP contribution in [0.4, 0.5) is 5.69 Å². The first kappa shape index (κ1) is 20.9. The van der Waals surface area contributed by atoms with Crippen LogP contribution in [0.15, 0.2) is 42.5 Å². The molecule has 0 spiro atoms. The van der Waals surface area contributed by atoms with Crippen molar-refractivity contribution in [3.8, 4) is 5.75 Å². The maximum absolute atomic E-state index is 13.2. The molecule has 0 bridgehead atoms. The minimum absolute atomic E-state index is 0.0472. The van der Waals surface area contributed by atoms with Gasteiger partial charge < -0.3 is 15.0 Å². The molecule has 0 saturated heterocycles. The van der Waals surface area contributed by atoms with Crippen molar-refractivity contribution in [1.29, 1.82) is 0 Å². The molecule has 5 nitrogen and oxygen atoms in total. The summed E-state index contributed by atoms with van der Waals surface area (Å²) in [5.74, 6) is 0.459. The Morgan fingerprint density at radius 1 is 1.21 bits per heavy atom. The molecule has 0 aromatic heterocycles. The van der Waals surface area contributed by atoms with E-state index < -0.39 is 6.04 Å². The van der Waals surface area contributed by atoms with Crippen LogP contribution in [0.3, 0.4) is 0 Å². The van der Waals surface area contributed by atoms with E-state index in [4.69, 9.17) is 4.74 Å². The summed E-state index contributed by atoms with van der Waals surface area (Å²) in [7, 11) is 0. The molecule has 0 saturated carbocycles. The predicted octanol–water partition coefficient (Wildman–Crippen LogP) is 4.54. The number of nitrogens with zero attached hydrogens (tertiary/aromatic N) is 1. The minimum atomic E-state index is -0.637. The molecule has 1 aliphatic heterocycles. The Morgan fingerprint density at radius 3 is 2.66 bits per heavy atom. The molecule has 2 amide bonds. The van der Waals surface area contributed by atoms with Crippen molar-refractivity contribution in [1.82, 2.24) is 5.32 Å². The number of unbranched alkanes of at least 4 members (excludes halogenated alkanes) is 1. The van der Waals surface area contributed by atoms with Gasteiger partial charge in [-0.1, -0.05) is 43.7 Å². The van der Waals surface area contributed by atoms with Crippen LogP contribution in [-0.4, -0.2) is 17.9 Å². The molecule has 1 heterocycles. The number of amides is 2. The largest absolute Gasteiger partial charge is 0.491 e. The zero-order chi connectivity index (χ0) is 21.0. The SMILES string of the molecule is CCCCc1ccc2c(c1)[C@@H](NC(C)=O)C(=O)N2Cc1ccccc1OC(C)C. The number of anilines is 1. The topological polar surface area (TPSA) is 58.6 Å². The third-order valence-corrected chi connectivity index (χ3v) is 5.04. The molecule has 154 valence electrons. The molecule has 0 fully saturated rings. The monoisotopic (exact) mass is 394 g/mol. The van der Waals surface area contributed by atoms with E-state index in [1.807, 2.05) is 44.2 Å². The third kappa shape index (κ3) is 4.78. The average Bonchev–Trinajstić information content (AvgIpc) is 2.92. The van der Waals surface area contributed by atoms with Crippen molar-refractivity contribution in [3.05, 3.63) is 59.2 Å². The zero-order valence-electron chi connectivity index (χ0n) is 17.7. The highest BCUT2D eigenvalue weighted by molar-refractivity contribution is 6.06. The Kier molecular flexibility index (Phi) is 6.57. The Bertz CT molecular complexity index is 891. The summed E-state index contributed by atoms with van der Waals surface area (Å²) in [6, 6.07) is 13.3. The van der Waals surface area contributed by atoms with Gasteiger partial charge in [0.05, 0.1) is 12.6 Å². The van der Waals surface area contributed by atoms with Crippen LogP contribution in [0.25, 0.3) is 0 Å². The van der Waals surface area contributed by atoms with Gasteiger partial charge in [-0.15, -0.1) is 0 Å². The van der Waals surface area contributed by atoms with Gasteiger partial charge in [-0.2, -0.15) is 0 Å². The number of rotatable bonds is 8. The Balaban J connectivity index is 1.95. The second-order valence-electron chi connectivity index (χ2n) is 7.83. The van der Waals surface area contributed by atoms with Gasteiger partial charge in [-0.3, -0.25) is 9.59 Å². The molecule has 2 aromatic carbocycles. The second kappa shape index (κ2) is 9.12. The van der Waals surface area contributed by atoms with Gasteiger partial charge in [-0.05, 0) is 44.4 Å². The molecule has 3 rings (SSSR count). The van der Waals surface area contributed by atoms with E-state index in [2.05, 4.69) is 24.4 Å². The predicted molar refractivity (Wildman–Crippen MR) is 115 cm³/mol. The number of benzene rings is 2. The molecule has 1 atom stereocenters. The van der Waals surface area contributed by atoms with Gasteiger partial charge in [0.1, 0.15) is 11.8 Å². The van der Waals surface area contributed by atoms with E-state index in [-0.39, 0.29) is 17.9 Å². The van der Waals surface area contributed by atoms with Gasteiger partial charge in [0.25, 0.3) is 5.91 Å². The lowest BCUT2D eigenvalue weighted by Crippen LogP contribution is -2.36. The number of hydrogen-bond donors (Lipinski definition) is 1. The fourth-order valence-corrected chi connectivity index (χ4v) is 3.70. The number of ether oxygens (including phenoxy) is 1. The Labute approximate surface area is 173 Å². The standard InChI is InChI=1S/C24H30N2O3/c1-5-6-9-18-12-13-21-20(14-18)23(25-17(4)27)24(28)26(21)15-19-10-7-8-11-22(19)29-16(2)3/h7-8,10-14,16,23H,5-6,9,15H2,1-4H3,(H,25,27)/t23-/m1/s1. The maximum Gasteiger partial charge on any atom is 0.254 e. The van der Waals surface area contributed by atoms with Crippen LogP contribution in [0.2, 0.25) is 0 Å². The van der Waals surface area contributed by atoms with Crippen molar-refractivity contribution in [2.45, 2.75) is 65.6 Å². The lowest BCUT2D eigenvalue weighted by molar-refractivity contribution is -0.126. The van der Waals surface area contributed by atoms with Crippen molar-refractivity contribution in [2.24, 2.45) is 0 Å². The molecular formula is C24H30N2O3. The normalized spacial score (nSPS) is 15.6. The van der Waals surface area contributed by atoms with Gasteiger partial charge in [0.15, 0.2) is 0 Å². The summed E-state index contributed by atoms with van der Waals surface area (Å²) in [4.78, 5) is 26.7. The lowest BCUT2D eigenvalue weighted by atomic mass is 10.0. The summed E-state index contributed by atoms with van der Waals surface area (Å²) < 4.78 is 5.93. The minimum Gasteiger partial charge on any atom is -0.491 e. The molecule has 0 aliphatic carbocycles. The Morgan fingerprint density at radius 2 is 1.97 bits per heavy atom. The molecule has 0 radical (unpaired) electrons. The molecule has 0 unspecified atom stereocenters. The van der Waals surface area contributed by atoms with Crippen molar-refractivity contribution in [2.75, 3.05) is 4.90 Å². The number of para-hydroxylation sites is 1. The molecular weight excluding hydrogens is 364 g/mol. The van der Waals surface area contributed by atoms with Crippen molar-refractivity contribution >= 4 is 17.5 Å². The van der Waals surface area contributed by atoms with E-state index in [1.165, 1.54) is 12.5 Å². The molecule has 1 N–H and O–H groups in total. The summed E-state index contributed by atoms with van der Waals surface area (Å²) >= 11 is 0. The highest BCUT2D eigenvalue weighted by Crippen LogP contribution is 2.38. The number of carbonyl (C=O) groups excluding carboxylic acids is 2. The number of carbonyl (C=O) groups is 2. The summed E-state index contributed by atoms with van der Waals surface area (Å²) in [6.45, 7) is 7.98. The lowest BCUT2D eigenvalue weighted by Gasteiger charge is -2.21. The highest BCUT2D eigenvalue weighted by atomic mass is 16.5. The van der Waals surface area contributed by atoms with Crippen LogP contribution in [-0.2, 0) is 22.6 Å². The smallest absolute Gasteiger partial charge is 0.254 e. The summed E-state index contributed by atoms with van der Waals surface area (Å²) in [5.41, 5.74) is 3.87. The Hall–Kier alpha value is -2.82. The van der Waals surface area contributed by atoms with E-state index in [0.29, 0.717) is 6.54 Å². The number of nitrogens with one attached hydrogen (secondary N) is 1. The maximum atomic E-state index is 13.2. The van der Waals surface area contributed by atoms with Crippen LogP contribution in [0, 0.1) is 0 Å². The number of fused-ring (bicyclic) bond motifs is 1. The fraction of sp³-hybridized carbons (Fsp3) is 0.417. The van der Waals surface area contributed by atoms with Crippen LogP contribution in [0.1, 0.15) is 63.3 Å². The average molecular weight is 395 g/mol. The molecule has 1 aliphatic rings. The molecule has 29 heavy (non-hydrogen) atoms. The van der Waals surface area contributed by atoms with Gasteiger partial charge in [-0.25, -0.2) is 0 Å². The van der Waals surface area contributed by atoms with E-state index in [1.54, 1.807) is 4.90 Å². The zero-order valence-corrected chi connectivity index (χ0v) is 17.7. The summed E-state index contributed by atoms with van der Waals surface area (Å²) in [6.07, 6.45) is 3.23. The summed E-state index contributed by atoms with van der Waals surface area (Å²) in [5, 5.41) is 2.83. The van der Waals surface area contributed by atoms with Crippen molar-refractivity contribution in [3.63, 3.8) is 0 Å². The highest BCUT2D eigenvalue weighted by Gasteiger charge is 2.38. The number of aryl methyl sites for hydroxylation is 1. The first-order valence-electron chi connectivity index (χ1n) is 10.4. The van der Waals surface area contributed by atoms with E-state index in [9.17, 15) is 9.59 Å². The third-order valence-electron chi connectivity index (χ3n) is 5.04. The van der Waals surface area contributed by atoms with Crippen LogP contribution < -0.4 is 15.0 Å². The number of hydrogen-bond acceptors (Lipinski definition) is 3. The van der Waals surface area contributed by atoms with Crippen LogP contribution >= 0.6 is 0 Å². The molecule has 5 heteroatoms. The van der Waals surface area contributed by atoms with E-state index >= 15 is 0 Å². The fourth-order valence-electron chi connectivity index (χ4n) is 3.70. The van der Waals surface area contributed by atoms with Crippen LogP contribution in [0.5, 0.6) is 5.75 Å². The molecule has 2 aromatic rings. The second-order valence-corrected chi connectivity index (χ2v) is 7.83.